The Morgan fingerprint density at radius 3 is 2.57 bits per heavy atom. The summed E-state index contributed by atoms with van der Waals surface area (Å²) in [5.74, 6) is 0.353. The summed E-state index contributed by atoms with van der Waals surface area (Å²) in [5.41, 5.74) is 2.09. The summed E-state index contributed by atoms with van der Waals surface area (Å²) in [6, 6.07) is 5.59. The maximum atomic E-state index is 15.6. The van der Waals surface area contributed by atoms with Gasteiger partial charge in [-0.05, 0) is 87.4 Å². The molecule has 1 aliphatic carbocycles. The van der Waals surface area contributed by atoms with Crippen LogP contribution in [-0.2, 0) is 15.6 Å². The van der Waals surface area contributed by atoms with Gasteiger partial charge in [-0.15, -0.1) is 10.2 Å². The van der Waals surface area contributed by atoms with Crippen LogP contribution >= 0.6 is 0 Å². The van der Waals surface area contributed by atoms with Crippen molar-refractivity contribution in [2.45, 2.75) is 46.1 Å². The van der Waals surface area contributed by atoms with Crippen molar-refractivity contribution < 1.29 is 17.2 Å². The van der Waals surface area contributed by atoms with Crippen molar-refractivity contribution in [3.63, 3.8) is 0 Å². The highest BCUT2D eigenvalue weighted by molar-refractivity contribution is 7.90. The van der Waals surface area contributed by atoms with E-state index in [0.717, 1.165) is 16.8 Å². The van der Waals surface area contributed by atoms with Gasteiger partial charge in [0.25, 0.3) is 0 Å². The van der Waals surface area contributed by atoms with Gasteiger partial charge in [-0.25, -0.2) is 21.2 Å². The summed E-state index contributed by atoms with van der Waals surface area (Å²) in [6.45, 7) is 7.45. The number of nitrogens with zero attached hydrogens (tertiary/aromatic N) is 4. The Balaban J connectivity index is 1.60. The van der Waals surface area contributed by atoms with E-state index in [1.165, 1.54) is 24.4 Å². The molecule has 4 aromatic rings. The molecule has 0 radical (unpaired) electrons. The lowest BCUT2D eigenvalue weighted by molar-refractivity contribution is 0.521. The summed E-state index contributed by atoms with van der Waals surface area (Å²) < 4.78 is 59.5. The fraction of sp³-hybridized carbons (Fsp3) is 0.360. The van der Waals surface area contributed by atoms with Crippen LogP contribution in [0, 0.1) is 31.4 Å². The Kier molecular flexibility index (Phi) is 4.52. The standard InChI is InChI=1S/C25H25F2N5O2S/c1-13-18(11-20(27)22-23(13)32-14(2)29-30-24(32)25(3,4)28-22)19-9-16(26)10-21-17(19)7-8-31(21)35(33,34)12-15-5-6-15/h7-11,15,28H,5-6,12H2,1-4H3. The van der Waals surface area contributed by atoms with Gasteiger partial charge in [0.1, 0.15) is 17.5 Å². The molecule has 1 aliphatic heterocycles. The van der Waals surface area contributed by atoms with Crippen LogP contribution in [0.2, 0.25) is 0 Å². The van der Waals surface area contributed by atoms with Gasteiger partial charge in [-0.2, -0.15) is 0 Å². The van der Waals surface area contributed by atoms with Gasteiger partial charge in [-0.3, -0.25) is 4.57 Å². The van der Waals surface area contributed by atoms with Crippen LogP contribution < -0.4 is 5.32 Å². The Labute approximate surface area is 201 Å². The molecule has 182 valence electrons. The molecule has 0 amide bonds. The lowest BCUT2D eigenvalue weighted by atomic mass is 9.92. The predicted molar refractivity (Wildman–Crippen MR) is 130 cm³/mol. The van der Waals surface area contributed by atoms with E-state index in [0.29, 0.717) is 45.1 Å². The normalized spacial score (nSPS) is 16.7. The summed E-state index contributed by atoms with van der Waals surface area (Å²) in [4.78, 5) is 0. The highest BCUT2D eigenvalue weighted by Crippen LogP contribution is 2.44. The minimum atomic E-state index is -3.63. The van der Waals surface area contributed by atoms with Gasteiger partial charge >= 0.3 is 0 Å². The van der Waals surface area contributed by atoms with Crippen LogP contribution in [0.25, 0.3) is 27.7 Å². The van der Waals surface area contributed by atoms with E-state index in [2.05, 4.69) is 15.5 Å². The molecule has 2 aliphatic rings. The second-order valence-corrected chi connectivity index (χ2v) is 12.0. The van der Waals surface area contributed by atoms with Crippen molar-refractivity contribution in [3.8, 4) is 16.8 Å². The number of benzene rings is 2. The Hall–Kier alpha value is -3.27. The van der Waals surface area contributed by atoms with Gasteiger partial charge < -0.3 is 5.32 Å². The molecule has 2 aromatic carbocycles. The highest BCUT2D eigenvalue weighted by atomic mass is 32.2. The van der Waals surface area contributed by atoms with Crippen molar-refractivity contribution in [3.05, 3.63) is 59.3 Å². The molecule has 10 heteroatoms. The quantitative estimate of drug-likeness (QED) is 0.428. The lowest BCUT2D eigenvalue weighted by Gasteiger charge is -2.35. The zero-order chi connectivity index (χ0) is 24.9. The lowest BCUT2D eigenvalue weighted by Crippen LogP contribution is -2.37. The molecule has 0 bridgehead atoms. The summed E-state index contributed by atoms with van der Waals surface area (Å²) in [7, 11) is -3.63. The maximum absolute atomic E-state index is 15.6. The molecule has 0 atom stereocenters. The number of aryl methyl sites for hydroxylation is 1. The number of nitrogens with one attached hydrogen (secondary N) is 1. The molecular formula is C25H25F2N5O2S. The fourth-order valence-corrected chi connectivity index (χ4v) is 6.91. The van der Waals surface area contributed by atoms with E-state index < -0.39 is 27.2 Å². The topological polar surface area (TPSA) is 81.8 Å². The molecule has 1 saturated carbocycles. The third-order valence-corrected chi connectivity index (χ3v) is 8.83. The number of hydrogen-bond acceptors (Lipinski definition) is 5. The Morgan fingerprint density at radius 2 is 1.86 bits per heavy atom. The van der Waals surface area contributed by atoms with E-state index in [9.17, 15) is 12.8 Å². The first-order valence-corrected chi connectivity index (χ1v) is 13.2. The molecule has 0 unspecified atom stereocenters. The summed E-state index contributed by atoms with van der Waals surface area (Å²) in [6.07, 6.45) is 3.24. The van der Waals surface area contributed by atoms with Crippen molar-refractivity contribution in [1.82, 2.24) is 18.7 Å². The molecule has 7 nitrogen and oxygen atoms in total. The van der Waals surface area contributed by atoms with Crippen molar-refractivity contribution in [1.29, 1.82) is 0 Å². The number of anilines is 1. The number of hydrogen-bond donors (Lipinski definition) is 1. The zero-order valence-electron chi connectivity index (χ0n) is 19.9. The largest absolute Gasteiger partial charge is 0.369 e. The van der Waals surface area contributed by atoms with Gasteiger partial charge in [0.05, 0.1) is 28.2 Å². The van der Waals surface area contributed by atoms with E-state index in [4.69, 9.17) is 0 Å². The van der Waals surface area contributed by atoms with Crippen LogP contribution in [0.4, 0.5) is 14.5 Å². The number of fused-ring (bicyclic) bond motifs is 4. The Morgan fingerprint density at radius 1 is 1.11 bits per heavy atom. The highest BCUT2D eigenvalue weighted by Gasteiger charge is 2.37. The Bertz CT molecular complexity index is 1650. The molecule has 6 rings (SSSR count). The molecule has 0 saturated heterocycles. The van der Waals surface area contributed by atoms with Gasteiger partial charge in [0.2, 0.25) is 10.0 Å². The first kappa shape index (κ1) is 22.2. The second kappa shape index (κ2) is 7.13. The van der Waals surface area contributed by atoms with Gasteiger partial charge in [0.15, 0.2) is 5.82 Å². The average molecular weight is 498 g/mol. The second-order valence-electron chi connectivity index (χ2n) is 10.1. The third kappa shape index (κ3) is 3.30. The van der Waals surface area contributed by atoms with Crippen LogP contribution in [0.1, 0.15) is 43.9 Å². The molecule has 2 aromatic heterocycles. The van der Waals surface area contributed by atoms with Crippen LogP contribution in [0.5, 0.6) is 0 Å². The first-order valence-electron chi connectivity index (χ1n) is 11.6. The molecule has 1 N–H and O–H groups in total. The van der Waals surface area contributed by atoms with E-state index >= 15 is 4.39 Å². The minimum absolute atomic E-state index is 0.0340. The summed E-state index contributed by atoms with van der Waals surface area (Å²) in [5, 5.41) is 12.3. The predicted octanol–water partition coefficient (Wildman–Crippen LogP) is 5.03. The number of rotatable bonds is 4. The number of halogens is 2. The van der Waals surface area contributed by atoms with Gasteiger partial charge in [-0.1, -0.05) is 0 Å². The minimum Gasteiger partial charge on any atom is -0.369 e. The monoisotopic (exact) mass is 497 g/mol. The molecule has 35 heavy (non-hydrogen) atoms. The maximum Gasteiger partial charge on any atom is 0.239 e. The van der Waals surface area contributed by atoms with E-state index in [1.807, 2.05) is 25.3 Å². The third-order valence-electron chi connectivity index (χ3n) is 7.02. The number of aromatic nitrogens is 4. The average Bonchev–Trinajstić information content (AvgIpc) is 3.31. The van der Waals surface area contributed by atoms with Crippen molar-refractivity contribution >= 4 is 26.6 Å². The smallest absolute Gasteiger partial charge is 0.239 e. The molecular weight excluding hydrogens is 472 g/mol. The molecule has 1 fully saturated rings. The SMILES string of the molecule is Cc1c(-c2cc(F)cc3c2ccn3S(=O)(=O)CC2CC2)cc(F)c2c1-n1c(C)nnc1C(C)(C)N2. The van der Waals surface area contributed by atoms with Gasteiger partial charge in [0, 0.05) is 11.6 Å². The zero-order valence-corrected chi connectivity index (χ0v) is 20.7. The van der Waals surface area contributed by atoms with Crippen molar-refractivity contribution in [2.75, 3.05) is 11.1 Å². The van der Waals surface area contributed by atoms with E-state index in [-0.39, 0.29) is 17.2 Å². The van der Waals surface area contributed by atoms with Crippen LogP contribution in [0.15, 0.2) is 30.5 Å². The fourth-order valence-electron chi connectivity index (χ4n) is 5.13. The molecule has 3 heterocycles. The first-order chi connectivity index (χ1) is 16.5. The van der Waals surface area contributed by atoms with Crippen LogP contribution in [-0.4, -0.2) is 32.9 Å². The van der Waals surface area contributed by atoms with E-state index in [1.54, 1.807) is 13.0 Å². The summed E-state index contributed by atoms with van der Waals surface area (Å²) >= 11 is 0. The van der Waals surface area contributed by atoms with Crippen molar-refractivity contribution in [2.24, 2.45) is 5.92 Å². The molecule has 0 spiro atoms. The van der Waals surface area contributed by atoms with Crippen LogP contribution in [0.3, 0.4) is 0 Å².